The van der Waals surface area contributed by atoms with Gasteiger partial charge in [0.15, 0.2) is 0 Å². The predicted octanol–water partition coefficient (Wildman–Crippen LogP) is 4.33. The summed E-state index contributed by atoms with van der Waals surface area (Å²) in [5.41, 5.74) is 2.82. The molecule has 1 atom stereocenters. The van der Waals surface area contributed by atoms with Crippen LogP contribution in [0.3, 0.4) is 0 Å². The van der Waals surface area contributed by atoms with Gasteiger partial charge in [-0.25, -0.2) is 0 Å². The normalized spacial score (nSPS) is 16.8. The topological polar surface area (TPSA) is 49.4 Å². The number of carbonyl (C=O) groups excluding carboxylic acids is 2. The minimum atomic E-state index is -0.329. The summed E-state index contributed by atoms with van der Waals surface area (Å²) in [5, 5.41) is 4.07. The zero-order chi connectivity index (χ0) is 18.7. The molecule has 2 aromatic rings. The van der Waals surface area contributed by atoms with Gasteiger partial charge in [0.2, 0.25) is 11.8 Å². The van der Waals surface area contributed by atoms with Gasteiger partial charge in [0.1, 0.15) is 0 Å². The van der Waals surface area contributed by atoms with Crippen LogP contribution in [0.15, 0.2) is 42.5 Å². The second-order valence-corrected chi connectivity index (χ2v) is 7.43. The first-order valence-electron chi connectivity index (χ1n) is 8.51. The number of nitrogens with zero attached hydrogens (tertiary/aromatic N) is 1. The third-order valence-corrected chi connectivity index (χ3v) is 5.16. The first kappa shape index (κ1) is 18.7. The van der Waals surface area contributed by atoms with Crippen LogP contribution in [0.4, 0.5) is 5.69 Å². The highest BCUT2D eigenvalue weighted by Crippen LogP contribution is 2.24. The zero-order valence-electron chi connectivity index (χ0n) is 14.5. The molecule has 4 nitrogen and oxygen atoms in total. The Bertz CT molecular complexity index is 821. The Hall–Kier alpha value is -2.04. The average molecular weight is 391 g/mol. The van der Waals surface area contributed by atoms with Crippen molar-refractivity contribution >= 4 is 40.7 Å². The second kappa shape index (κ2) is 8.11. The van der Waals surface area contributed by atoms with Crippen LogP contribution in [0, 0.1) is 12.8 Å². The minimum Gasteiger partial charge on any atom is -0.342 e. The fourth-order valence-electron chi connectivity index (χ4n) is 3.02. The minimum absolute atomic E-state index is 0.000794. The quantitative estimate of drug-likeness (QED) is 0.825. The van der Waals surface area contributed by atoms with Crippen molar-refractivity contribution in [2.24, 2.45) is 5.92 Å². The molecule has 26 heavy (non-hydrogen) atoms. The van der Waals surface area contributed by atoms with E-state index in [9.17, 15) is 9.59 Å². The Morgan fingerprint density at radius 2 is 1.92 bits per heavy atom. The lowest BCUT2D eigenvalue weighted by atomic mass is 10.1. The molecule has 0 bridgehead atoms. The van der Waals surface area contributed by atoms with Crippen molar-refractivity contribution in [1.29, 1.82) is 0 Å². The number of hydrogen-bond acceptors (Lipinski definition) is 2. The first-order valence-corrected chi connectivity index (χ1v) is 9.27. The summed E-state index contributed by atoms with van der Waals surface area (Å²) in [6.07, 6.45) is 0.875. The summed E-state index contributed by atoms with van der Waals surface area (Å²) < 4.78 is 0. The van der Waals surface area contributed by atoms with Crippen LogP contribution in [0.5, 0.6) is 0 Å². The molecule has 6 heteroatoms. The molecule has 0 radical (unpaired) electrons. The van der Waals surface area contributed by atoms with E-state index in [4.69, 9.17) is 23.2 Å². The number of rotatable bonds is 5. The van der Waals surface area contributed by atoms with E-state index in [0.717, 1.165) is 16.8 Å². The van der Waals surface area contributed by atoms with Crippen molar-refractivity contribution in [2.75, 3.05) is 18.4 Å². The Balaban J connectivity index is 1.56. The highest BCUT2D eigenvalue weighted by Gasteiger charge is 2.34. The molecule has 1 unspecified atom stereocenters. The summed E-state index contributed by atoms with van der Waals surface area (Å²) >= 11 is 12.1. The van der Waals surface area contributed by atoms with Gasteiger partial charge >= 0.3 is 0 Å². The summed E-state index contributed by atoms with van der Waals surface area (Å²) in [6, 6.07) is 13.0. The van der Waals surface area contributed by atoms with E-state index < -0.39 is 0 Å². The van der Waals surface area contributed by atoms with E-state index >= 15 is 0 Å². The number of benzene rings is 2. The molecule has 136 valence electrons. The molecular formula is C20H20Cl2N2O2. The van der Waals surface area contributed by atoms with Gasteiger partial charge in [-0.15, -0.1) is 0 Å². The third kappa shape index (κ3) is 4.57. The standard InChI is InChI=1S/C20H20Cl2N2O2/c1-13-2-6-17(7-3-13)23-20(26)15-10-19(25)24(12-15)9-8-14-4-5-16(21)11-18(14)22/h2-7,11,15H,8-10,12H2,1H3,(H,23,26). The molecule has 1 heterocycles. The van der Waals surface area contributed by atoms with Crippen molar-refractivity contribution < 1.29 is 9.59 Å². The zero-order valence-corrected chi connectivity index (χ0v) is 16.0. The molecule has 0 aliphatic carbocycles. The van der Waals surface area contributed by atoms with Crippen LogP contribution in [-0.4, -0.2) is 29.8 Å². The second-order valence-electron chi connectivity index (χ2n) is 6.58. The maximum atomic E-state index is 12.4. The number of likely N-dealkylation sites (tertiary alicyclic amines) is 1. The lowest BCUT2D eigenvalue weighted by molar-refractivity contribution is -0.128. The lowest BCUT2D eigenvalue weighted by Gasteiger charge is -2.17. The molecular weight excluding hydrogens is 371 g/mol. The van der Waals surface area contributed by atoms with Crippen molar-refractivity contribution in [1.82, 2.24) is 4.90 Å². The average Bonchev–Trinajstić information content (AvgIpc) is 2.97. The number of aryl methyl sites for hydroxylation is 1. The molecule has 0 aromatic heterocycles. The van der Waals surface area contributed by atoms with Crippen LogP contribution in [-0.2, 0) is 16.0 Å². The highest BCUT2D eigenvalue weighted by atomic mass is 35.5. The van der Waals surface area contributed by atoms with Crippen LogP contribution in [0.2, 0.25) is 10.0 Å². The molecule has 1 aliphatic heterocycles. The third-order valence-electron chi connectivity index (χ3n) is 4.57. The van der Waals surface area contributed by atoms with Crippen LogP contribution >= 0.6 is 23.2 Å². The summed E-state index contributed by atoms with van der Waals surface area (Å²) in [5.74, 6) is -0.446. The number of anilines is 1. The van der Waals surface area contributed by atoms with Gasteiger partial charge in [-0.05, 0) is 43.2 Å². The number of halogens is 2. The Morgan fingerprint density at radius 3 is 2.62 bits per heavy atom. The molecule has 0 spiro atoms. The largest absolute Gasteiger partial charge is 0.342 e. The van der Waals surface area contributed by atoms with Gasteiger partial charge in [0.05, 0.1) is 5.92 Å². The lowest BCUT2D eigenvalue weighted by Crippen LogP contribution is -2.30. The maximum Gasteiger partial charge on any atom is 0.229 e. The predicted molar refractivity (Wildman–Crippen MR) is 105 cm³/mol. The highest BCUT2D eigenvalue weighted by molar-refractivity contribution is 6.35. The van der Waals surface area contributed by atoms with Crippen molar-refractivity contribution in [3.05, 3.63) is 63.6 Å². The van der Waals surface area contributed by atoms with E-state index in [1.165, 1.54) is 0 Å². The SMILES string of the molecule is Cc1ccc(NC(=O)C2CC(=O)N(CCc3ccc(Cl)cc3Cl)C2)cc1. The summed E-state index contributed by atoms with van der Waals surface area (Å²) in [4.78, 5) is 26.4. The molecule has 1 saturated heterocycles. The smallest absolute Gasteiger partial charge is 0.229 e. The van der Waals surface area contributed by atoms with Crippen molar-refractivity contribution in [2.45, 2.75) is 19.8 Å². The number of amides is 2. The molecule has 3 rings (SSSR count). The van der Waals surface area contributed by atoms with E-state index in [-0.39, 0.29) is 24.2 Å². The fourth-order valence-corrected chi connectivity index (χ4v) is 3.53. The van der Waals surface area contributed by atoms with Crippen molar-refractivity contribution in [3.8, 4) is 0 Å². The van der Waals surface area contributed by atoms with Crippen LogP contribution < -0.4 is 5.32 Å². The Morgan fingerprint density at radius 1 is 1.19 bits per heavy atom. The molecule has 1 fully saturated rings. The van der Waals surface area contributed by atoms with Crippen LogP contribution in [0.1, 0.15) is 17.5 Å². The van der Waals surface area contributed by atoms with Gasteiger partial charge in [0.25, 0.3) is 0 Å². The maximum absolute atomic E-state index is 12.4. The molecule has 1 N–H and O–H groups in total. The molecule has 2 amide bonds. The van der Waals surface area contributed by atoms with E-state index in [0.29, 0.717) is 29.6 Å². The fraction of sp³-hybridized carbons (Fsp3) is 0.300. The van der Waals surface area contributed by atoms with E-state index in [1.54, 1.807) is 17.0 Å². The molecule has 2 aromatic carbocycles. The summed E-state index contributed by atoms with van der Waals surface area (Å²) in [6.45, 7) is 2.96. The van der Waals surface area contributed by atoms with Crippen molar-refractivity contribution in [3.63, 3.8) is 0 Å². The van der Waals surface area contributed by atoms with Gasteiger partial charge < -0.3 is 10.2 Å². The number of carbonyl (C=O) groups is 2. The van der Waals surface area contributed by atoms with E-state index in [2.05, 4.69) is 5.32 Å². The van der Waals surface area contributed by atoms with Gasteiger partial charge in [0, 0.05) is 35.2 Å². The molecule has 1 aliphatic rings. The van der Waals surface area contributed by atoms with Gasteiger partial charge in [-0.1, -0.05) is 47.0 Å². The van der Waals surface area contributed by atoms with Gasteiger partial charge in [-0.3, -0.25) is 9.59 Å². The monoisotopic (exact) mass is 390 g/mol. The summed E-state index contributed by atoms with van der Waals surface area (Å²) in [7, 11) is 0. The van der Waals surface area contributed by atoms with Gasteiger partial charge in [-0.2, -0.15) is 0 Å². The Kier molecular flexibility index (Phi) is 5.84. The number of nitrogens with one attached hydrogen (secondary N) is 1. The van der Waals surface area contributed by atoms with Crippen LogP contribution in [0.25, 0.3) is 0 Å². The molecule has 0 saturated carbocycles. The van der Waals surface area contributed by atoms with E-state index in [1.807, 2.05) is 37.3 Å². The Labute approximate surface area is 163 Å². The number of hydrogen-bond donors (Lipinski definition) is 1. The first-order chi connectivity index (χ1) is 12.4.